The maximum absolute atomic E-state index is 11.8. The zero-order valence-corrected chi connectivity index (χ0v) is 11.8. The number of carbonyl (C=O) groups excluding carboxylic acids is 2. The Morgan fingerprint density at radius 3 is 2.40 bits per heavy atom. The summed E-state index contributed by atoms with van der Waals surface area (Å²) < 4.78 is 0. The van der Waals surface area contributed by atoms with Crippen molar-refractivity contribution in [2.75, 3.05) is 18.4 Å². The van der Waals surface area contributed by atoms with Crippen LogP contribution < -0.4 is 5.32 Å². The molecule has 5 heteroatoms. The normalized spacial score (nSPS) is 9.65. The number of carbonyl (C=O) groups is 2. The molecule has 2 amide bonds. The van der Waals surface area contributed by atoms with Crippen LogP contribution in [0.15, 0.2) is 24.3 Å². The summed E-state index contributed by atoms with van der Waals surface area (Å²) in [5.41, 5.74) is 1.20. The zero-order valence-electron chi connectivity index (χ0n) is 11.8. The summed E-state index contributed by atoms with van der Waals surface area (Å²) in [5, 5.41) is 11.4. The second-order valence-corrected chi connectivity index (χ2v) is 4.49. The molecule has 0 fully saturated rings. The second-order valence-electron chi connectivity index (χ2n) is 4.49. The Bertz CT molecular complexity index is 503. The second kappa shape index (κ2) is 7.95. The van der Waals surface area contributed by atoms with Gasteiger partial charge in [-0.25, -0.2) is 0 Å². The van der Waals surface area contributed by atoms with Crippen molar-refractivity contribution in [1.29, 1.82) is 5.26 Å². The van der Waals surface area contributed by atoms with Crippen molar-refractivity contribution in [3.8, 4) is 6.07 Å². The molecule has 0 saturated carbocycles. The minimum Gasteiger partial charge on any atom is -0.342 e. The van der Waals surface area contributed by atoms with E-state index in [2.05, 4.69) is 5.32 Å². The monoisotopic (exact) mass is 273 g/mol. The maximum atomic E-state index is 11.8. The molecule has 0 bridgehead atoms. The van der Waals surface area contributed by atoms with Gasteiger partial charge in [0.1, 0.15) is 0 Å². The number of rotatable bonds is 6. The van der Waals surface area contributed by atoms with Gasteiger partial charge in [-0.3, -0.25) is 9.59 Å². The molecule has 0 spiro atoms. The van der Waals surface area contributed by atoms with Gasteiger partial charge in [-0.15, -0.1) is 0 Å². The molecule has 0 aromatic heterocycles. The molecule has 106 valence electrons. The topological polar surface area (TPSA) is 73.2 Å². The number of anilines is 1. The smallest absolute Gasteiger partial charge is 0.226 e. The number of amides is 2. The van der Waals surface area contributed by atoms with Crippen LogP contribution in [0.5, 0.6) is 0 Å². The first-order valence-corrected chi connectivity index (χ1v) is 6.62. The van der Waals surface area contributed by atoms with Gasteiger partial charge in [0.05, 0.1) is 11.6 Å². The average Bonchev–Trinajstić information content (AvgIpc) is 2.44. The Kier molecular flexibility index (Phi) is 6.24. The van der Waals surface area contributed by atoms with Crippen molar-refractivity contribution in [2.24, 2.45) is 0 Å². The number of nitrogens with zero attached hydrogens (tertiary/aromatic N) is 2. The molecule has 0 radical (unpaired) electrons. The van der Waals surface area contributed by atoms with Crippen LogP contribution in [-0.2, 0) is 9.59 Å². The van der Waals surface area contributed by atoms with Gasteiger partial charge in [0.2, 0.25) is 11.8 Å². The first-order chi connectivity index (χ1) is 9.56. The van der Waals surface area contributed by atoms with Crippen LogP contribution in [0, 0.1) is 11.3 Å². The number of nitrogens with one attached hydrogen (secondary N) is 1. The fourth-order valence-corrected chi connectivity index (χ4v) is 1.78. The van der Waals surface area contributed by atoms with E-state index in [-0.39, 0.29) is 18.2 Å². The third kappa shape index (κ3) is 5.11. The highest BCUT2D eigenvalue weighted by Gasteiger charge is 2.10. The Labute approximate surface area is 119 Å². The molecule has 20 heavy (non-hydrogen) atoms. The van der Waals surface area contributed by atoms with Crippen molar-refractivity contribution in [2.45, 2.75) is 26.7 Å². The molecule has 1 rings (SSSR count). The van der Waals surface area contributed by atoms with E-state index in [1.807, 2.05) is 13.0 Å². The molecular weight excluding hydrogens is 254 g/mol. The van der Waals surface area contributed by atoms with E-state index in [0.29, 0.717) is 24.3 Å². The van der Waals surface area contributed by atoms with Gasteiger partial charge in [-0.05, 0) is 30.7 Å². The predicted molar refractivity (Wildman–Crippen MR) is 76.9 cm³/mol. The summed E-state index contributed by atoms with van der Waals surface area (Å²) in [6, 6.07) is 8.68. The van der Waals surface area contributed by atoms with E-state index < -0.39 is 0 Å². The highest BCUT2D eigenvalue weighted by Crippen LogP contribution is 2.09. The number of hydrogen-bond donors (Lipinski definition) is 1. The van der Waals surface area contributed by atoms with Crippen molar-refractivity contribution in [3.63, 3.8) is 0 Å². The first kappa shape index (κ1) is 15.7. The molecule has 0 atom stereocenters. The van der Waals surface area contributed by atoms with Gasteiger partial charge in [0, 0.05) is 32.1 Å². The van der Waals surface area contributed by atoms with E-state index in [9.17, 15) is 9.59 Å². The van der Waals surface area contributed by atoms with Crippen LogP contribution >= 0.6 is 0 Å². The van der Waals surface area contributed by atoms with E-state index in [0.717, 1.165) is 6.42 Å². The largest absolute Gasteiger partial charge is 0.342 e. The van der Waals surface area contributed by atoms with Gasteiger partial charge in [0.25, 0.3) is 0 Å². The number of hydrogen-bond acceptors (Lipinski definition) is 3. The van der Waals surface area contributed by atoms with Crippen LogP contribution in [-0.4, -0.2) is 29.8 Å². The van der Waals surface area contributed by atoms with Crippen LogP contribution in [0.3, 0.4) is 0 Å². The van der Waals surface area contributed by atoms with Gasteiger partial charge < -0.3 is 10.2 Å². The highest BCUT2D eigenvalue weighted by atomic mass is 16.2. The molecule has 1 aromatic rings. The third-order valence-electron chi connectivity index (χ3n) is 2.85. The summed E-state index contributed by atoms with van der Waals surface area (Å²) in [7, 11) is 0. The van der Waals surface area contributed by atoms with Crippen molar-refractivity contribution < 1.29 is 9.59 Å². The molecule has 0 saturated heterocycles. The summed E-state index contributed by atoms with van der Waals surface area (Å²) in [4.78, 5) is 24.8. The molecule has 0 heterocycles. The third-order valence-corrected chi connectivity index (χ3v) is 2.85. The predicted octanol–water partition coefficient (Wildman–Crippen LogP) is 2.15. The SMILES string of the molecule is CCCN(CCC(=O)Nc1ccc(C#N)cc1)C(C)=O. The van der Waals surface area contributed by atoms with Crippen molar-refractivity contribution >= 4 is 17.5 Å². The van der Waals surface area contributed by atoms with Gasteiger partial charge in [-0.1, -0.05) is 6.92 Å². The first-order valence-electron chi connectivity index (χ1n) is 6.62. The lowest BCUT2D eigenvalue weighted by molar-refractivity contribution is -0.129. The van der Waals surface area contributed by atoms with Gasteiger partial charge >= 0.3 is 0 Å². The van der Waals surface area contributed by atoms with E-state index in [4.69, 9.17) is 5.26 Å². The lowest BCUT2D eigenvalue weighted by atomic mass is 10.2. The molecule has 0 unspecified atom stereocenters. The quantitative estimate of drug-likeness (QED) is 0.863. The van der Waals surface area contributed by atoms with E-state index in [1.54, 1.807) is 29.2 Å². The van der Waals surface area contributed by atoms with Crippen LogP contribution in [0.2, 0.25) is 0 Å². The Morgan fingerprint density at radius 1 is 1.25 bits per heavy atom. The Hall–Kier alpha value is -2.35. The zero-order chi connectivity index (χ0) is 15.0. The molecule has 0 aliphatic heterocycles. The summed E-state index contributed by atoms with van der Waals surface area (Å²) in [6.45, 7) is 4.59. The molecule has 1 aromatic carbocycles. The molecule has 5 nitrogen and oxygen atoms in total. The number of benzene rings is 1. The minimum absolute atomic E-state index is 0.0157. The van der Waals surface area contributed by atoms with Crippen LogP contribution in [0.1, 0.15) is 32.3 Å². The lowest BCUT2D eigenvalue weighted by Gasteiger charge is -2.19. The molecule has 1 N–H and O–H groups in total. The maximum Gasteiger partial charge on any atom is 0.226 e. The van der Waals surface area contributed by atoms with E-state index >= 15 is 0 Å². The fraction of sp³-hybridized carbons (Fsp3) is 0.400. The summed E-state index contributed by atoms with van der Waals surface area (Å²) >= 11 is 0. The fourth-order valence-electron chi connectivity index (χ4n) is 1.78. The molecule has 0 aliphatic carbocycles. The molecular formula is C15H19N3O2. The Morgan fingerprint density at radius 2 is 1.90 bits per heavy atom. The van der Waals surface area contributed by atoms with Crippen LogP contribution in [0.4, 0.5) is 5.69 Å². The average molecular weight is 273 g/mol. The Balaban J connectivity index is 2.46. The standard InChI is InChI=1S/C15H19N3O2/c1-3-9-18(12(2)19)10-8-15(20)17-14-6-4-13(11-16)5-7-14/h4-7H,3,8-10H2,1-2H3,(H,17,20). The highest BCUT2D eigenvalue weighted by molar-refractivity contribution is 5.91. The van der Waals surface area contributed by atoms with E-state index in [1.165, 1.54) is 6.92 Å². The summed E-state index contributed by atoms with van der Waals surface area (Å²) in [5.74, 6) is -0.157. The van der Waals surface area contributed by atoms with Crippen molar-refractivity contribution in [3.05, 3.63) is 29.8 Å². The van der Waals surface area contributed by atoms with Gasteiger partial charge in [-0.2, -0.15) is 5.26 Å². The van der Waals surface area contributed by atoms with Crippen molar-refractivity contribution in [1.82, 2.24) is 4.90 Å². The minimum atomic E-state index is -0.142. The van der Waals surface area contributed by atoms with Gasteiger partial charge in [0.15, 0.2) is 0 Å². The van der Waals surface area contributed by atoms with Crippen LogP contribution in [0.25, 0.3) is 0 Å². The number of nitriles is 1. The molecule has 0 aliphatic rings. The summed E-state index contributed by atoms with van der Waals surface area (Å²) in [6.07, 6.45) is 1.14. The lowest BCUT2D eigenvalue weighted by Crippen LogP contribution is -2.32.